The Balaban J connectivity index is 1.47. The monoisotopic (exact) mass is 482 g/mol. The van der Waals surface area contributed by atoms with Crippen molar-refractivity contribution in [3.63, 3.8) is 0 Å². The van der Waals surface area contributed by atoms with Crippen LogP contribution < -0.4 is 15.3 Å². The Hall–Kier alpha value is -3.13. The van der Waals surface area contributed by atoms with E-state index >= 15 is 0 Å². The number of hydrogen-bond acceptors (Lipinski definition) is 5. The average molecular weight is 483 g/mol. The second kappa shape index (κ2) is 8.43. The molecule has 5 rings (SSSR count). The number of nitrogens with one attached hydrogen (secondary N) is 1. The molecule has 2 heterocycles. The molecule has 32 heavy (non-hydrogen) atoms. The normalized spacial score (nSPS) is 16.1. The molecule has 1 atom stereocenters. The van der Waals surface area contributed by atoms with Crippen molar-refractivity contribution in [1.82, 2.24) is 4.98 Å². The molecule has 1 N–H and O–H groups in total. The summed E-state index contributed by atoms with van der Waals surface area (Å²) in [4.78, 5) is 30.8. The molecule has 6 nitrogen and oxygen atoms in total. The van der Waals surface area contributed by atoms with Gasteiger partial charge in [0, 0.05) is 15.7 Å². The highest BCUT2D eigenvalue weighted by molar-refractivity contribution is 7.16. The number of anilines is 3. The Morgan fingerprint density at radius 1 is 1.00 bits per heavy atom. The minimum atomic E-state index is -0.912. The van der Waals surface area contributed by atoms with Crippen molar-refractivity contribution >= 4 is 73.6 Å². The van der Waals surface area contributed by atoms with Crippen LogP contribution in [-0.4, -0.2) is 23.3 Å². The molecule has 0 aliphatic carbocycles. The molecule has 160 valence electrons. The quantitative estimate of drug-likeness (QED) is 0.383. The van der Waals surface area contributed by atoms with Crippen molar-refractivity contribution in [3.8, 4) is 0 Å². The third kappa shape index (κ3) is 3.90. The molecule has 9 heteroatoms. The number of hydrogen-bond donors (Lipinski definition) is 1. The van der Waals surface area contributed by atoms with Crippen molar-refractivity contribution in [2.24, 2.45) is 5.92 Å². The first-order valence-corrected chi connectivity index (χ1v) is 11.4. The number of benzene rings is 3. The minimum absolute atomic E-state index is 0.167. The SMILES string of the molecule is O=C(Nc1ccc2ncsc2c1)C1CN(c2cccc(Cl)c2)N(c2cccc(Cl)c2)C1=O. The van der Waals surface area contributed by atoms with Crippen LogP contribution in [0.25, 0.3) is 10.2 Å². The van der Waals surface area contributed by atoms with Gasteiger partial charge in [-0.1, -0.05) is 35.3 Å². The van der Waals surface area contributed by atoms with Gasteiger partial charge in [0.25, 0.3) is 5.91 Å². The number of carbonyl (C=O) groups excluding carboxylic acids is 2. The molecule has 1 unspecified atom stereocenters. The van der Waals surface area contributed by atoms with Crippen LogP contribution in [0.5, 0.6) is 0 Å². The fourth-order valence-electron chi connectivity index (χ4n) is 3.69. The highest BCUT2D eigenvalue weighted by Gasteiger charge is 2.43. The van der Waals surface area contributed by atoms with Gasteiger partial charge in [0.1, 0.15) is 5.92 Å². The van der Waals surface area contributed by atoms with Gasteiger partial charge in [-0.05, 0) is 54.6 Å². The van der Waals surface area contributed by atoms with Crippen LogP contribution in [0.15, 0.2) is 72.2 Å². The number of halogens is 2. The van der Waals surface area contributed by atoms with Crippen LogP contribution >= 0.6 is 34.5 Å². The van der Waals surface area contributed by atoms with Gasteiger partial charge in [-0.2, -0.15) is 0 Å². The number of nitrogens with zero attached hydrogens (tertiary/aromatic N) is 3. The fraction of sp³-hybridized carbons (Fsp3) is 0.0870. The van der Waals surface area contributed by atoms with Crippen molar-refractivity contribution in [1.29, 1.82) is 0 Å². The molecule has 1 saturated heterocycles. The average Bonchev–Trinajstić information content (AvgIpc) is 3.37. The second-order valence-electron chi connectivity index (χ2n) is 7.27. The Morgan fingerprint density at radius 3 is 2.47 bits per heavy atom. The molecule has 1 aliphatic heterocycles. The Bertz CT molecular complexity index is 1340. The van der Waals surface area contributed by atoms with Crippen LogP contribution in [0.3, 0.4) is 0 Å². The first-order chi connectivity index (χ1) is 15.5. The highest BCUT2D eigenvalue weighted by Crippen LogP contribution is 2.33. The van der Waals surface area contributed by atoms with Gasteiger partial charge < -0.3 is 5.32 Å². The first-order valence-electron chi connectivity index (χ1n) is 9.76. The maximum Gasteiger partial charge on any atom is 0.260 e. The first kappa shape index (κ1) is 20.8. The van der Waals surface area contributed by atoms with Crippen LogP contribution in [0.2, 0.25) is 10.0 Å². The van der Waals surface area contributed by atoms with E-state index in [2.05, 4.69) is 10.3 Å². The molecule has 1 fully saturated rings. The third-order valence-electron chi connectivity index (χ3n) is 5.18. The Morgan fingerprint density at radius 2 is 1.72 bits per heavy atom. The third-order valence-corrected chi connectivity index (χ3v) is 6.44. The summed E-state index contributed by atoms with van der Waals surface area (Å²) in [6.45, 7) is 0.167. The Labute approximate surface area is 198 Å². The molecular weight excluding hydrogens is 467 g/mol. The van der Waals surface area contributed by atoms with Gasteiger partial charge >= 0.3 is 0 Å². The van der Waals surface area contributed by atoms with Crippen LogP contribution in [0.1, 0.15) is 0 Å². The summed E-state index contributed by atoms with van der Waals surface area (Å²) in [7, 11) is 0. The van der Waals surface area contributed by atoms with Crippen LogP contribution in [-0.2, 0) is 9.59 Å². The lowest BCUT2D eigenvalue weighted by atomic mass is 10.1. The largest absolute Gasteiger partial charge is 0.325 e. The zero-order chi connectivity index (χ0) is 22.2. The van der Waals surface area contributed by atoms with E-state index in [1.54, 1.807) is 59.1 Å². The van der Waals surface area contributed by atoms with E-state index in [1.807, 2.05) is 18.2 Å². The van der Waals surface area contributed by atoms with Crippen LogP contribution in [0.4, 0.5) is 17.1 Å². The van der Waals surface area contributed by atoms with Crippen LogP contribution in [0, 0.1) is 5.92 Å². The van der Waals surface area contributed by atoms with Gasteiger partial charge in [0.2, 0.25) is 5.91 Å². The van der Waals surface area contributed by atoms with Gasteiger partial charge in [-0.25, -0.2) is 9.99 Å². The summed E-state index contributed by atoms with van der Waals surface area (Å²) in [6.07, 6.45) is 0. The van der Waals surface area contributed by atoms with Crippen molar-refractivity contribution < 1.29 is 9.59 Å². The maximum absolute atomic E-state index is 13.4. The van der Waals surface area contributed by atoms with E-state index in [0.29, 0.717) is 27.1 Å². The molecule has 0 spiro atoms. The maximum atomic E-state index is 13.4. The van der Waals surface area contributed by atoms with Crippen molar-refractivity contribution in [3.05, 3.63) is 82.3 Å². The number of carbonyl (C=O) groups is 2. The topological polar surface area (TPSA) is 65.5 Å². The summed E-state index contributed by atoms with van der Waals surface area (Å²) < 4.78 is 0.960. The smallest absolute Gasteiger partial charge is 0.260 e. The lowest BCUT2D eigenvalue weighted by Gasteiger charge is -2.29. The standard InChI is InChI=1S/C23H16Cl2N4O2S/c24-14-3-1-5-17(9-14)28-12-19(23(31)29(28)18-6-2-4-15(25)10-18)22(30)27-16-7-8-20-21(11-16)32-13-26-20/h1-11,13,19H,12H2,(H,27,30). The molecule has 0 saturated carbocycles. The van der Waals surface area contributed by atoms with Crippen molar-refractivity contribution in [2.45, 2.75) is 0 Å². The summed E-state index contributed by atoms with van der Waals surface area (Å²) >= 11 is 13.9. The second-order valence-corrected chi connectivity index (χ2v) is 9.03. The fourth-order valence-corrected chi connectivity index (χ4v) is 4.77. The van der Waals surface area contributed by atoms with E-state index in [1.165, 1.54) is 16.3 Å². The zero-order valence-electron chi connectivity index (χ0n) is 16.5. The zero-order valence-corrected chi connectivity index (χ0v) is 18.9. The van der Waals surface area contributed by atoms with Crippen molar-refractivity contribution in [2.75, 3.05) is 21.9 Å². The van der Waals surface area contributed by atoms with E-state index in [-0.39, 0.29) is 18.4 Å². The predicted molar refractivity (Wildman–Crippen MR) is 129 cm³/mol. The van der Waals surface area contributed by atoms with E-state index in [4.69, 9.17) is 23.2 Å². The van der Waals surface area contributed by atoms with E-state index in [9.17, 15) is 9.59 Å². The summed E-state index contributed by atoms with van der Waals surface area (Å²) in [5.74, 6) is -1.64. The number of amides is 2. The summed E-state index contributed by atoms with van der Waals surface area (Å²) in [5.41, 5.74) is 4.51. The number of aromatic nitrogens is 1. The lowest BCUT2D eigenvalue weighted by molar-refractivity contribution is -0.128. The van der Waals surface area contributed by atoms with Gasteiger partial charge in [0.05, 0.1) is 33.6 Å². The number of rotatable bonds is 4. The molecule has 1 aliphatic rings. The molecule has 2 amide bonds. The number of thiazole rings is 1. The number of hydrazine groups is 1. The minimum Gasteiger partial charge on any atom is -0.325 e. The van der Waals surface area contributed by atoms with Gasteiger partial charge in [0.15, 0.2) is 0 Å². The molecule has 4 aromatic rings. The Kier molecular flexibility index (Phi) is 5.46. The molecule has 0 radical (unpaired) electrons. The van der Waals surface area contributed by atoms with Gasteiger partial charge in [-0.3, -0.25) is 14.6 Å². The summed E-state index contributed by atoms with van der Waals surface area (Å²) in [6, 6.07) is 19.6. The highest BCUT2D eigenvalue weighted by atomic mass is 35.5. The summed E-state index contributed by atoms with van der Waals surface area (Å²) in [5, 5.41) is 7.13. The molecule has 3 aromatic carbocycles. The van der Waals surface area contributed by atoms with Gasteiger partial charge in [-0.15, -0.1) is 11.3 Å². The van der Waals surface area contributed by atoms with E-state index < -0.39 is 5.92 Å². The van der Waals surface area contributed by atoms with E-state index in [0.717, 1.165) is 10.2 Å². The predicted octanol–water partition coefficient (Wildman–Crippen LogP) is 5.63. The molecule has 0 bridgehead atoms. The number of fused-ring (bicyclic) bond motifs is 1. The molecular formula is C23H16Cl2N4O2S. The lowest BCUT2D eigenvalue weighted by Crippen LogP contribution is -2.39. The molecule has 1 aromatic heterocycles.